The number of hydrogen-bond donors (Lipinski definition) is 1. The number of fused-ring (bicyclic) bond motifs is 1. The van der Waals surface area contributed by atoms with Crippen molar-refractivity contribution in [1.29, 1.82) is 0 Å². The Morgan fingerprint density at radius 2 is 1.66 bits per heavy atom. The van der Waals surface area contributed by atoms with Crippen LogP contribution in [0.3, 0.4) is 0 Å². The molecule has 0 spiro atoms. The zero-order valence-corrected chi connectivity index (χ0v) is 18.0. The number of carbonyl (C=O) groups is 1. The van der Waals surface area contributed by atoms with E-state index in [0.717, 1.165) is 43.1 Å². The van der Waals surface area contributed by atoms with Gasteiger partial charge in [0.25, 0.3) is 0 Å². The molecule has 0 saturated carbocycles. The maximum Gasteiger partial charge on any atom is 0.193 e. The number of rotatable bonds is 4. The Morgan fingerprint density at radius 3 is 2.28 bits per heavy atom. The second-order valence-electron chi connectivity index (χ2n) is 7.05. The van der Waals surface area contributed by atoms with Gasteiger partial charge in [0.15, 0.2) is 5.78 Å². The van der Waals surface area contributed by atoms with Gasteiger partial charge < -0.3 is 14.7 Å². The summed E-state index contributed by atoms with van der Waals surface area (Å²) in [5.74, 6) is 1.05. The lowest BCUT2D eigenvalue weighted by atomic mass is 10.1. The molecule has 2 aromatic rings. The van der Waals surface area contributed by atoms with E-state index in [2.05, 4.69) is 21.9 Å². The van der Waals surface area contributed by atoms with Gasteiger partial charge in [0.2, 0.25) is 0 Å². The minimum absolute atomic E-state index is 0. The molecule has 4 rings (SSSR count). The molecule has 0 radical (unpaired) electrons. The molecule has 156 valence electrons. The number of allylic oxidation sites excluding steroid dienone is 1. The Hall–Kier alpha value is -2.21. The fourth-order valence-electron chi connectivity index (χ4n) is 3.83. The number of methoxy groups -OCH3 is 1. The van der Waals surface area contributed by atoms with E-state index in [1.54, 1.807) is 7.11 Å². The topological polar surface area (TPSA) is 53.0 Å². The second kappa shape index (κ2) is 10.0. The van der Waals surface area contributed by atoms with E-state index in [4.69, 9.17) is 4.74 Å². The van der Waals surface area contributed by atoms with Gasteiger partial charge in [0.05, 0.1) is 13.7 Å². The molecule has 2 aliphatic rings. The van der Waals surface area contributed by atoms with Crippen LogP contribution in [-0.4, -0.2) is 55.6 Å². The van der Waals surface area contributed by atoms with Crippen molar-refractivity contribution in [2.45, 2.75) is 6.42 Å². The number of nitrogens with zero attached hydrogens (tertiary/aromatic N) is 2. The maximum absolute atomic E-state index is 12.5. The lowest BCUT2D eigenvalue weighted by Crippen LogP contribution is -2.47. The summed E-state index contributed by atoms with van der Waals surface area (Å²) in [6.45, 7) is 3.92. The quantitative estimate of drug-likeness (QED) is 0.581. The van der Waals surface area contributed by atoms with Gasteiger partial charge in [-0.2, -0.15) is 0 Å². The first kappa shape index (κ1) is 23.1. The van der Waals surface area contributed by atoms with Crippen LogP contribution in [0.2, 0.25) is 0 Å². The van der Waals surface area contributed by atoms with Crippen molar-refractivity contribution in [3.05, 3.63) is 71.0 Å². The van der Waals surface area contributed by atoms with E-state index >= 15 is 0 Å². The third kappa shape index (κ3) is 4.86. The number of ether oxygens (including phenoxy) is 1. The Labute approximate surface area is 183 Å². The van der Waals surface area contributed by atoms with Gasteiger partial charge in [0, 0.05) is 49.4 Å². The van der Waals surface area contributed by atoms with E-state index in [9.17, 15) is 9.90 Å². The van der Waals surface area contributed by atoms with Gasteiger partial charge in [-0.25, -0.2) is 0 Å². The minimum atomic E-state index is -0.0278. The first-order valence-corrected chi connectivity index (χ1v) is 9.30. The number of ketones is 1. The molecule has 1 aliphatic carbocycles. The van der Waals surface area contributed by atoms with Gasteiger partial charge >= 0.3 is 0 Å². The summed E-state index contributed by atoms with van der Waals surface area (Å²) in [4.78, 5) is 17.1. The van der Waals surface area contributed by atoms with Crippen LogP contribution in [0.25, 0.3) is 0 Å². The van der Waals surface area contributed by atoms with Crippen molar-refractivity contribution < 1.29 is 14.6 Å². The SMILES string of the molecule is COc1ccc(N2CCN(C/C(O)=C3/Cc4ccccc4C3=O)CC2)cc1.Cl.Cl. The highest BCUT2D eigenvalue weighted by Gasteiger charge is 2.28. The van der Waals surface area contributed by atoms with E-state index in [1.165, 1.54) is 5.69 Å². The summed E-state index contributed by atoms with van der Waals surface area (Å²) in [6.07, 6.45) is 0.534. The second-order valence-corrected chi connectivity index (χ2v) is 7.05. The molecule has 0 bridgehead atoms. The highest BCUT2D eigenvalue weighted by atomic mass is 35.5. The highest BCUT2D eigenvalue weighted by Crippen LogP contribution is 2.28. The first-order chi connectivity index (χ1) is 13.2. The van der Waals surface area contributed by atoms with Crippen LogP contribution in [0.4, 0.5) is 5.69 Å². The van der Waals surface area contributed by atoms with Crippen LogP contribution in [-0.2, 0) is 6.42 Å². The largest absolute Gasteiger partial charge is 0.511 e. The molecule has 0 amide bonds. The number of hydrogen-bond acceptors (Lipinski definition) is 5. The highest BCUT2D eigenvalue weighted by molar-refractivity contribution is 6.13. The predicted molar refractivity (Wildman–Crippen MR) is 120 cm³/mol. The van der Waals surface area contributed by atoms with E-state index in [-0.39, 0.29) is 36.4 Å². The van der Waals surface area contributed by atoms with Crippen LogP contribution >= 0.6 is 24.8 Å². The number of Topliss-reactive ketones (excluding diaryl/α,β-unsaturated/α-hetero) is 1. The van der Waals surface area contributed by atoms with Gasteiger partial charge in [-0.15, -0.1) is 24.8 Å². The molecule has 0 atom stereocenters. The monoisotopic (exact) mass is 436 g/mol. The molecule has 5 nitrogen and oxygen atoms in total. The molecular formula is C22H26Cl2N2O3. The summed E-state index contributed by atoms with van der Waals surface area (Å²) in [6, 6.07) is 15.7. The molecule has 7 heteroatoms. The standard InChI is InChI=1S/C22H24N2O3.2ClH/c1-27-18-8-6-17(7-9-18)24-12-10-23(11-13-24)15-21(25)20-14-16-4-2-3-5-19(16)22(20)26;;/h2-9,25H,10-15H2,1H3;2*1H/b21-20+;;. The predicted octanol–water partition coefficient (Wildman–Crippen LogP) is 3.91. The van der Waals surface area contributed by atoms with Crippen LogP contribution in [0.1, 0.15) is 15.9 Å². The van der Waals surface area contributed by atoms with Crippen LogP contribution in [0.15, 0.2) is 59.9 Å². The molecule has 0 aromatic heterocycles. The average Bonchev–Trinajstić information content (AvgIpc) is 3.06. The molecule has 1 fully saturated rings. The summed E-state index contributed by atoms with van der Waals surface area (Å²) >= 11 is 0. The molecule has 29 heavy (non-hydrogen) atoms. The van der Waals surface area contributed by atoms with Crippen molar-refractivity contribution >= 4 is 36.3 Å². The minimum Gasteiger partial charge on any atom is -0.511 e. The lowest BCUT2D eigenvalue weighted by molar-refractivity contribution is 0.103. The fraction of sp³-hybridized carbons (Fsp3) is 0.318. The average molecular weight is 437 g/mol. The smallest absolute Gasteiger partial charge is 0.193 e. The number of aliphatic hydroxyl groups excluding tert-OH is 1. The Kier molecular flexibility index (Phi) is 7.96. The Balaban J connectivity index is 0.00000150. The van der Waals surface area contributed by atoms with E-state index in [1.807, 2.05) is 36.4 Å². The zero-order chi connectivity index (χ0) is 18.8. The van der Waals surface area contributed by atoms with Gasteiger partial charge in [-0.1, -0.05) is 24.3 Å². The van der Waals surface area contributed by atoms with Crippen molar-refractivity contribution in [1.82, 2.24) is 4.90 Å². The maximum atomic E-state index is 12.5. The number of anilines is 1. The normalized spacial score (nSPS) is 17.8. The number of piperazine rings is 1. The molecule has 1 saturated heterocycles. The molecule has 1 N–H and O–H groups in total. The third-order valence-corrected chi connectivity index (χ3v) is 5.43. The van der Waals surface area contributed by atoms with E-state index < -0.39 is 0 Å². The Bertz CT molecular complexity index is 876. The van der Waals surface area contributed by atoms with Crippen molar-refractivity contribution in [3.8, 4) is 5.75 Å². The third-order valence-electron chi connectivity index (χ3n) is 5.43. The number of benzene rings is 2. The van der Waals surface area contributed by atoms with Crippen LogP contribution < -0.4 is 9.64 Å². The Morgan fingerprint density at radius 1 is 1.00 bits per heavy atom. The first-order valence-electron chi connectivity index (χ1n) is 9.30. The zero-order valence-electron chi connectivity index (χ0n) is 16.3. The van der Waals surface area contributed by atoms with Crippen molar-refractivity contribution in [2.24, 2.45) is 0 Å². The van der Waals surface area contributed by atoms with Gasteiger partial charge in [-0.05, 0) is 29.8 Å². The van der Waals surface area contributed by atoms with Crippen molar-refractivity contribution in [2.75, 3.05) is 44.7 Å². The number of halogens is 2. The fourth-order valence-corrected chi connectivity index (χ4v) is 3.83. The van der Waals surface area contributed by atoms with Crippen LogP contribution in [0.5, 0.6) is 5.75 Å². The van der Waals surface area contributed by atoms with Crippen molar-refractivity contribution in [3.63, 3.8) is 0 Å². The summed E-state index contributed by atoms with van der Waals surface area (Å²) in [5.41, 5.74) is 3.46. The van der Waals surface area contributed by atoms with E-state index in [0.29, 0.717) is 18.5 Å². The number of aliphatic hydroxyl groups is 1. The van der Waals surface area contributed by atoms with Gasteiger partial charge in [0.1, 0.15) is 11.5 Å². The molecular weight excluding hydrogens is 411 g/mol. The summed E-state index contributed by atoms with van der Waals surface area (Å²) in [7, 11) is 1.67. The molecule has 2 aromatic carbocycles. The summed E-state index contributed by atoms with van der Waals surface area (Å²) < 4.78 is 5.21. The lowest BCUT2D eigenvalue weighted by Gasteiger charge is -2.36. The molecule has 1 heterocycles. The molecule has 1 aliphatic heterocycles. The summed E-state index contributed by atoms with van der Waals surface area (Å²) in [5, 5.41) is 10.6. The van der Waals surface area contributed by atoms with Gasteiger partial charge in [-0.3, -0.25) is 9.69 Å². The number of carbonyl (C=O) groups excluding carboxylic acids is 1. The molecule has 0 unspecified atom stereocenters. The van der Waals surface area contributed by atoms with Crippen LogP contribution in [0, 0.1) is 0 Å².